The number of Topliss-reactive ketones (excluding diaryl/α,β-unsaturated/α-hetero) is 1. The molecule has 1 aliphatic heterocycles. The first-order valence-corrected chi connectivity index (χ1v) is 7.80. The van der Waals surface area contributed by atoms with Gasteiger partial charge in [0, 0.05) is 17.1 Å². The van der Waals surface area contributed by atoms with E-state index >= 15 is 0 Å². The molecule has 1 atom stereocenters. The van der Waals surface area contributed by atoms with Gasteiger partial charge in [-0.15, -0.1) is 0 Å². The number of rotatable bonds is 4. The van der Waals surface area contributed by atoms with Crippen molar-refractivity contribution in [3.8, 4) is 0 Å². The SMILES string of the molecule is CCC(C)(C(=O)c1ccc2ncccc2c1)N1CCCC1. The summed E-state index contributed by atoms with van der Waals surface area (Å²) in [5.41, 5.74) is 1.35. The summed E-state index contributed by atoms with van der Waals surface area (Å²) >= 11 is 0. The maximum Gasteiger partial charge on any atom is 0.182 e. The molecule has 3 heteroatoms. The maximum atomic E-state index is 13.1. The summed E-state index contributed by atoms with van der Waals surface area (Å²) in [6.07, 6.45) is 5.02. The molecule has 0 bridgehead atoms. The first kappa shape index (κ1) is 14.2. The molecule has 3 nitrogen and oxygen atoms in total. The number of nitrogens with zero attached hydrogens (tertiary/aromatic N) is 2. The number of hydrogen-bond donors (Lipinski definition) is 0. The number of likely N-dealkylation sites (tertiary alicyclic amines) is 1. The predicted octanol–water partition coefficient (Wildman–Crippen LogP) is 3.68. The van der Waals surface area contributed by atoms with Crippen LogP contribution in [0.25, 0.3) is 10.9 Å². The van der Waals surface area contributed by atoms with Crippen LogP contribution >= 0.6 is 0 Å². The Morgan fingerprint density at radius 3 is 2.76 bits per heavy atom. The van der Waals surface area contributed by atoms with Crippen LogP contribution in [0.5, 0.6) is 0 Å². The number of fused-ring (bicyclic) bond motifs is 1. The molecule has 0 amide bonds. The highest BCUT2D eigenvalue weighted by Gasteiger charge is 2.39. The molecule has 2 aromatic rings. The van der Waals surface area contributed by atoms with Crippen LogP contribution in [0.3, 0.4) is 0 Å². The number of carbonyl (C=O) groups is 1. The molecule has 1 aliphatic rings. The molecule has 0 N–H and O–H groups in total. The standard InChI is InChI=1S/C18H22N2O/c1-3-18(2,20-11-4-5-12-20)17(21)15-8-9-16-14(13-15)7-6-10-19-16/h6-10,13H,3-5,11-12H2,1-2H3. The Hall–Kier alpha value is -1.74. The predicted molar refractivity (Wildman–Crippen MR) is 85.6 cm³/mol. The van der Waals surface area contributed by atoms with Crippen LogP contribution in [0.2, 0.25) is 0 Å². The number of hydrogen-bond acceptors (Lipinski definition) is 3. The van der Waals surface area contributed by atoms with Crippen LogP contribution in [0, 0.1) is 0 Å². The van der Waals surface area contributed by atoms with Gasteiger partial charge in [-0.05, 0) is 63.5 Å². The number of ketones is 1. The number of carbonyl (C=O) groups excluding carboxylic acids is 1. The molecule has 21 heavy (non-hydrogen) atoms. The first-order valence-electron chi connectivity index (χ1n) is 7.80. The monoisotopic (exact) mass is 282 g/mol. The summed E-state index contributed by atoms with van der Waals surface area (Å²) < 4.78 is 0. The summed E-state index contributed by atoms with van der Waals surface area (Å²) in [7, 11) is 0. The van der Waals surface area contributed by atoms with Gasteiger partial charge in [-0.1, -0.05) is 13.0 Å². The van der Waals surface area contributed by atoms with Crippen LogP contribution < -0.4 is 0 Å². The van der Waals surface area contributed by atoms with Crippen molar-refractivity contribution in [3.05, 3.63) is 42.1 Å². The van der Waals surface area contributed by atoms with E-state index in [0.717, 1.165) is 36.0 Å². The van der Waals surface area contributed by atoms with E-state index in [1.54, 1.807) is 6.20 Å². The lowest BCUT2D eigenvalue weighted by Crippen LogP contribution is -2.50. The molecule has 2 heterocycles. The molecular formula is C18H22N2O. The smallest absolute Gasteiger partial charge is 0.182 e. The van der Waals surface area contributed by atoms with E-state index in [4.69, 9.17) is 0 Å². The lowest BCUT2D eigenvalue weighted by Gasteiger charge is -2.36. The summed E-state index contributed by atoms with van der Waals surface area (Å²) in [6.45, 7) is 6.27. The molecule has 3 rings (SSSR count). The lowest BCUT2D eigenvalue weighted by atomic mass is 9.86. The van der Waals surface area contributed by atoms with Crippen LogP contribution in [-0.2, 0) is 0 Å². The fourth-order valence-corrected chi connectivity index (χ4v) is 3.27. The quantitative estimate of drug-likeness (QED) is 0.802. The lowest BCUT2D eigenvalue weighted by molar-refractivity contribution is 0.0648. The van der Waals surface area contributed by atoms with E-state index in [2.05, 4.69) is 23.7 Å². The molecule has 1 saturated heterocycles. The van der Waals surface area contributed by atoms with Crippen molar-refractivity contribution in [2.75, 3.05) is 13.1 Å². The highest BCUT2D eigenvalue weighted by atomic mass is 16.1. The third-order valence-electron chi connectivity index (χ3n) is 4.85. The van der Waals surface area contributed by atoms with Crippen molar-refractivity contribution < 1.29 is 4.79 Å². The third kappa shape index (κ3) is 2.46. The van der Waals surface area contributed by atoms with Gasteiger partial charge in [-0.25, -0.2) is 0 Å². The van der Waals surface area contributed by atoms with Crippen molar-refractivity contribution in [2.45, 2.75) is 38.6 Å². The minimum atomic E-state index is -0.383. The fourth-order valence-electron chi connectivity index (χ4n) is 3.27. The Bertz CT molecular complexity index is 661. The van der Waals surface area contributed by atoms with E-state index in [-0.39, 0.29) is 11.3 Å². The Balaban J connectivity index is 1.97. The summed E-state index contributed by atoms with van der Waals surface area (Å²) in [6, 6.07) is 9.77. The van der Waals surface area contributed by atoms with Crippen LogP contribution in [0.4, 0.5) is 0 Å². The van der Waals surface area contributed by atoms with E-state index in [1.807, 2.05) is 30.3 Å². The number of benzene rings is 1. The van der Waals surface area contributed by atoms with Gasteiger partial charge in [-0.2, -0.15) is 0 Å². The van der Waals surface area contributed by atoms with Crippen molar-refractivity contribution in [3.63, 3.8) is 0 Å². The fraction of sp³-hybridized carbons (Fsp3) is 0.444. The summed E-state index contributed by atoms with van der Waals surface area (Å²) in [5, 5.41) is 1.03. The van der Waals surface area contributed by atoms with Gasteiger partial charge in [0.1, 0.15) is 0 Å². The van der Waals surface area contributed by atoms with Gasteiger partial charge in [0.2, 0.25) is 0 Å². The van der Waals surface area contributed by atoms with E-state index in [0.29, 0.717) is 0 Å². The van der Waals surface area contributed by atoms with Crippen LogP contribution in [-0.4, -0.2) is 34.3 Å². The molecule has 110 valence electrons. The Kier molecular flexibility index (Phi) is 3.77. The van der Waals surface area contributed by atoms with Crippen molar-refractivity contribution >= 4 is 16.7 Å². The molecule has 0 saturated carbocycles. The third-order valence-corrected chi connectivity index (χ3v) is 4.85. The Morgan fingerprint density at radius 2 is 2.05 bits per heavy atom. The second kappa shape index (κ2) is 5.57. The van der Waals surface area contributed by atoms with Gasteiger partial charge >= 0.3 is 0 Å². The topological polar surface area (TPSA) is 33.2 Å². The highest BCUT2D eigenvalue weighted by molar-refractivity contribution is 6.05. The molecule has 0 aliphatic carbocycles. The molecule has 0 spiro atoms. The molecule has 1 aromatic heterocycles. The van der Waals surface area contributed by atoms with Crippen LogP contribution in [0.15, 0.2) is 36.5 Å². The average Bonchev–Trinajstić information content (AvgIpc) is 3.08. The average molecular weight is 282 g/mol. The zero-order valence-corrected chi connectivity index (χ0v) is 12.8. The van der Waals surface area contributed by atoms with Gasteiger partial charge in [0.05, 0.1) is 11.1 Å². The molecule has 1 aromatic carbocycles. The van der Waals surface area contributed by atoms with Crippen molar-refractivity contribution in [2.24, 2.45) is 0 Å². The van der Waals surface area contributed by atoms with Gasteiger partial charge in [0.15, 0.2) is 5.78 Å². The second-order valence-electron chi connectivity index (χ2n) is 6.06. The molecule has 1 fully saturated rings. The largest absolute Gasteiger partial charge is 0.292 e. The van der Waals surface area contributed by atoms with Crippen molar-refractivity contribution in [1.82, 2.24) is 9.88 Å². The van der Waals surface area contributed by atoms with Gasteiger partial charge < -0.3 is 0 Å². The van der Waals surface area contributed by atoms with Gasteiger partial charge in [-0.3, -0.25) is 14.7 Å². The van der Waals surface area contributed by atoms with Gasteiger partial charge in [0.25, 0.3) is 0 Å². The molecule has 1 unspecified atom stereocenters. The summed E-state index contributed by atoms with van der Waals surface area (Å²) in [4.78, 5) is 19.7. The molecule has 0 radical (unpaired) electrons. The zero-order valence-electron chi connectivity index (χ0n) is 12.8. The molecular weight excluding hydrogens is 260 g/mol. The van der Waals surface area contributed by atoms with E-state index in [1.165, 1.54) is 12.8 Å². The normalized spacial score (nSPS) is 18.8. The van der Waals surface area contributed by atoms with E-state index in [9.17, 15) is 4.79 Å². The summed E-state index contributed by atoms with van der Waals surface area (Å²) in [5.74, 6) is 0.234. The van der Waals surface area contributed by atoms with Crippen LogP contribution in [0.1, 0.15) is 43.5 Å². The minimum absolute atomic E-state index is 0.234. The Morgan fingerprint density at radius 1 is 1.29 bits per heavy atom. The number of aromatic nitrogens is 1. The zero-order chi connectivity index (χ0) is 14.9. The Labute approximate surface area is 126 Å². The van der Waals surface area contributed by atoms with Crippen molar-refractivity contribution in [1.29, 1.82) is 0 Å². The van der Waals surface area contributed by atoms with E-state index < -0.39 is 0 Å². The first-order chi connectivity index (χ1) is 10.1. The minimum Gasteiger partial charge on any atom is -0.292 e. The second-order valence-corrected chi connectivity index (χ2v) is 6.06. The maximum absolute atomic E-state index is 13.1. The highest BCUT2D eigenvalue weighted by Crippen LogP contribution is 2.29. The number of pyridine rings is 1.